The number of aromatic nitrogens is 3. The smallest absolute Gasteiger partial charge is 0.257 e. The first kappa shape index (κ1) is 19.1. The van der Waals surface area contributed by atoms with Gasteiger partial charge < -0.3 is 18.9 Å². The van der Waals surface area contributed by atoms with Gasteiger partial charge in [-0.3, -0.25) is 4.79 Å². The van der Waals surface area contributed by atoms with Crippen LogP contribution in [0, 0.1) is 0 Å². The number of rotatable bonds is 4. The lowest BCUT2D eigenvalue weighted by atomic mass is 10.0. The highest BCUT2D eigenvalue weighted by Gasteiger charge is 2.32. The lowest BCUT2D eigenvalue weighted by molar-refractivity contribution is 0.0678. The molecule has 7 heteroatoms. The predicted octanol–water partition coefficient (Wildman–Crippen LogP) is 3.77. The third-order valence-electron chi connectivity index (χ3n) is 6.15. The standard InChI is InChI=1S/C23H26N4O3/c1-29-19-8-3-2-6-17(19)23(28)26-13-10-16(11-14-26)27-21-18(7-4-12-24-21)25-22(27)20-9-5-15-30-20/h2-4,6-8,12,16,20H,5,9-11,13-15H2,1H3. The Hall–Kier alpha value is -2.93. The Morgan fingerprint density at radius 2 is 1.97 bits per heavy atom. The number of hydrogen-bond donors (Lipinski definition) is 0. The number of imidazole rings is 1. The first-order chi connectivity index (χ1) is 14.8. The summed E-state index contributed by atoms with van der Waals surface area (Å²) in [5, 5.41) is 0. The van der Waals surface area contributed by atoms with Gasteiger partial charge in [-0.2, -0.15) is 0 Å². The number of methoxy groups -OCH3 is 1. The third-order valence-corrected chi connectivity index (χ3v) is 6.15. The second-order valence-corrected chi connectivity index (χ2v) is 7.91. The summed E-state index contributed by atoms with van der Waals surface area (Å²) in [5.74, 6) is 1.63. The van der Waals surface area contributed by atoms with Crippen molar-refractivity contribution < 1.29 is 14.3 Å². The van der Waals surface area contributed by atoms with Crippen molar-refractivity contribution in [2.75, 3.05) is 26.8 Å². The van der Waals surface area contributed by atoms with Crippen LogP contribution in [-0.2, 0) is 4.74 Å². The maximum absolute atomic E-state index is 13.1. The van der Waals surface area contributed by atoms with Gasteiger partial charge in [-0.1, -0.05) is 12.1 Å². The number of benzene rings is 1. The quantitative estimate of drug-likeness (QED) is 0.660. The van der Waals surface area contributed by atoms with Gasteiger partial charge in [0.2, 0.25) is 0 Å². The number of piperidine rings is 1. The number of pyridine rings is 1. The molecule has 2 aliphatic rings. The largest absolute Gasteiger partial charge is 0.496 e. The van der Waals surface area contributed by atoms with Crippen LogP contribution in [0.5, 0.6) is 5.75 Å². The minimum Gasteiger partial charge on any atom is -0.496 e. The van der Waals surface area contributed by atoms with Crippen molar-refractivity contribution in [2.24, 2.45) is 0 Å². The predicted molar refractivity (Wildman–Crippen MR) is 113 cm³/mol. The first-order valence-corrected chi connectivity index (χ1v) is 10.6. The highest BCUT2D eigenvalue weighted by molar-refractivity contribution is 5.97. The molecule has 4 heterocycles. The van der Waals surface area contributed by atoms with E-state index in [2.05, 4.69) is 9.55 Å². The summed E-state index contributed by atoms with van der Waals surface area (Å²) in [6, 6.07) is 11.6. The van der Waals surface area contributed by atoms with Crippen molar-refractivity contribution in [3.8, 4) is 5.75 Å². The number of para-hydroxylation sites is 1. The molecule has 0 aliphatic carbocycles. The molecule has 0 bridgehead atoms. The molecular formula is C23H26N4O3. The van der Waals surface area contributed by atoms with Gasteiger partial charge in [-0.15, -0.1) is 0 Å². The van der Waals surface area contributed by atoms with Gasteiger partial charge >= 0.3 is 0 Å². The number of fused-ring (bicyclic) bond motifs is 1. The zero-order chi connectivity index (χ0) is 20.5. The summed E-state index contributed by atoms with van der Waals surface area (Å²) in [7, 11) is 1.60. The van der Waals surface area contributed by atoms with Gasteiger partial charge in [-0.25, -0.2) is 9.97 Å². The molecule has 0 N–H and O–H groups in total. The molecule has 30 heavy (non-hydrogen) atoms. The minimum absolute atomic E-state index is 0.0267. The Morgan fingerprint density at radius 1 is 1.13 bits per heavy atom. The summed E-state index contributed by atoms with van der Waals surface area (Å²) in [6.45, 7) is 2.17. The molecule has 1 atom stereocenters. The van der Waals surface area contributed by atoms with E-state index in [0.29, 0.717) is 24.4 Å². The van der Waals surface area contributed by atoms with Crippen molar-refractivity contribution in [3.05, 3.63) is 54.0 Å². The zero-order valence-electron chi connectivity index (χ0n) is 17.2. The number of likely N-dealkylation sites (tertiary alicyclic amines) is 1. The van der Waals surface area contributed by atoms with Crippen LogP contribution in [0.1, 0.15) is 54.0 Å². The van der Waals surface area contributed by atoms with Gasteiger partial charge in [0.15, 0.2) is 5.65 Å². The lowest BCUT2D eigenvalue weighted by Gasteiger charge is -2.34. The maximum atomic E-state index is 13.1. The molecule has 2 aliphatic heterocycles. The minimum atomic E-state index is 0.0267. The highest BCUT2D eigenvalue weighted by atomic mass is 16.5. The van der Waals surface area contributed by atoms with Crippen LogP contribution in [0.4, 0.5) is 0 Å². The Balaban J connectivity index is 1.39. The molecule has 2 saturated heterocycles. The van der Waals surface area contributed by atoms with Crippen LogP contribution in [0.2, 0.25) is 0 Å². The number of carbonyl (C=O) groups is 1. The molecule has 1 amide bonds. The molecule has 0 spiro atoms. The average molecular weight is 406 g/mol. The molecule has 0 radical (unpaired) electrons. The van der Waals surface area contributed by atoms with Crippen LogP contribution in [0.25, 0.3) is 11.2 Å². The van der Waals surface area contributed by atoms with Crippen molar-refractivity contribution in [2.45, 2.75) is 37.8 Å². The summed E-state index contributed by atoms with van der Waals surface area (Å²) in [4.78, 5) is 24.5. The second kappa shape index (κ2) is 8.07. The Bertz CT molecular complexity index is 1050. The van der Waals surface area contributed by atoms with E-state index in [1.807, 2.05) is 47.5 Å². The van der Waals surface area contributed by atoms with Gasteiger partial charge in [-0.05, 0) is 49.9 Å². The normalized spacial score (nSPS) is 20.0. The number of nitrogens with zero attached hydrogens (tertiary/aromatic N) is 4. The second-order valence-electron chi connectivity index (χ2n) is 7.91. The van der Waals surface area contributed by atoms with Gasteiger partial charge in [0, 0.05) is 31.9 Å². The van der Waals surface area contributed by atoms with Crippen LogP contribution in [-0.4, -0.2) is 52.1 Å². The molecule has 2 aromatic heterocycles. The number of hydrogen-bond acceptors (Lipinski definition) is 5. The van der Waals surface area contributed by atoms with Crippen molar-refractivity contribution >= 4 is 17.1 Å². The molecule has 3 aromatic rings. The Kier molecular flexibility index (Phi) is 5.12. The zero-order valence-corrected chi connectivity index (χ0v) is 17.2. The van der Waals surface area contributed by atoms with E-state index < -0.39 is 0 Å². The lowest BCUT2D eigenvalue weighted by Crippen LogP contribution is -2.39. The molecule has 1 unspecified atom stereocenters. The van der Waals surface area contributed by atoms with E-state index in [1.54, 1.807) is 7.11 Å². The molecule has 0 saturated carbocycles. The fourth-order valence-electron chi connectivity index (χ4n) is 4.63. The maximum Gasteiger partial charge on any atom is 0.257 e. The molecular weight excluding hydrogens is 380 g/mol. The van der Waals surface area contributed by atoms with Gasteiger partial charge in [0.25, 0.3) is 5.91 Å². The van der Waals surface area contributed by atoms with Crippen molar-refractivity contribution in [1.82, 2.24) is 19.4 Å². The van der Waals surface area contributed by atoms with E-state index >= 15 is 0 Å². The topological polar surface area (TPSA) is 69.5 Å². The molecule has 7 nitrogen and oxygen atoms in total. The van der Waals surface area contributed by atoms with E-state index in [-0.39, 0.29) is 18.1 Å². The van der Waals surface area contributed by atoms with Crippen molar-refractivity contribution in [3.63, 3.8) is 0 Å². The number of amides is 1. The molecule has 5 rings (SSSR count). The van der Waals surface area contributed by atoms with E-state index in [4.69, 9.17) is 14.5 Å². The van der Waals surface area contributed by atoms with E-state index in [9.17, 15) is 4.79 Å². The Labute approximate surface area is 175 Å². The van der Waals surface area contributed by atoms with E-state index in [0.717, 1.165) is 49.3 Å². The van der Waals surface area contributed by atoms with Crippen molar-refractivity contribution in [1.29, 1.82) is 0 Å². The summed E-state index contributed by atoms with van der Waals surface area (Å²) in [6.07, 6.45) is 5.64. The monoisotopic (exact) mass is 406 g/mol. The van der Waals surface area contributed by atoms with Crippen LogP contribution in [0.15, 0.2) is 42.6 Å². The van der Waals surface area contributed by atoms with Crippen LogP contribution < -0.4 is 4.74 Å². The summed E-state index contributed by atoms with van der Waals surface area (Å²) >= 11 is 0. The highest BCUT2D eigenvalue weighted by Crippen LogP contribution is 2.35. The van der Waals surface area contributed by atoms with E-state index in [1.165, 1.54) is 0 Å². The third kappa shape index (κ3) is 3.33. The summed E-state index contributed by atoms with van der Waals surface area (Å²) in [5.41, 5.74) is 2.45. The number of carbonyl (C=O) groups excluding carboxylic acids is 1. The molecule has 2 fully saturated rings. The van der Waals surface area contributed by atoms with Gasteiger partial charge in [0.1, 0.15) is 23.2 Å². The number of ether oxygens (including phenoxy) is 2. The first-order valence-electron chi connectivity index (χ1n) is 10.6. The molecule has 1 aromatic carbocycles. The SMILES string of the molecule is COc1ccccc1C(=O)N1CCC(n2c(C3CCCO3)nc3cccnc32)CC1. The Morgan fingerprint density at radius 3 is 2.73 bits per heavy atom. The van der Waals surface area contributed by atoms with Gasteiger partial charge in [0.05, 0.1) is 12.7 Å². The fraction of sp³-hybridized carbons (Fsp3) is 0.435. The van der Waals surface area contributed by atoms with Crippen LogP contribution >= 0.6 is 0 Å². The fourth-order valence-corrected chi connectivity index (χ4v) is 4.63. The molecule has 156 valence electrons. The average Bonchev–Trinajstić information content (AvgIpc) is 3.46. The van der Waals surface area contributed by atoms with Crippen LogP contribution in [0.3, 0.4) is 0 Å². The summed E-state index contributed by atoms with van der Waals surface area (Å²) < 4.78 is 13.6.